The fraction of sp³-hybridized carbons (Fsp3) is 0.364. The summed E-state index contributed by atoms with van der Waals surface area (Å²) in [5.74, 6) is 0. The molecule has 4 heteroatoms. The highest BCUT2D eigenvalue weighted by molar-refractivity contribution is 6.34. The number of imidazole rings is 1. The number of aromatic nitrogens is 2. The highest BCUT2D eigenvalue weighted by Crippen LogP contribution is 2.34. The summed E-state index contributed by atoms with van der Waals surface area (Å²) in [4.78, 5) is 9.51. The first-order valence-corrected chi connectivity index (χ1v) is 5.53. The maximum absolute atomic E-state index is 6.23. The lowest BCUT2D eigenvalue weighted by atomic mass is 10.2. The van der Waals surface area contributed by atoms with Crippen LogP contribution in [0.3, 0.4) is 0 Å². The fourth-order valence-corrected chi connectivity index (χ4v) is 2.43. The van der Waals surface area contributed by atoms with E-state index in [9.17, 15) is 0 Å². The van der Waals surface area contributed by atoms with Crippen molar-refractivity contribution in [2.24, 2.45) is 0 Å². The summed E-state index contributed by atoms with van der Waals surface area (Å²) >= 11 is 6.23. The predicted octanol–water partition coefficient (Wildman–Crippen LogP) is 2.62. The first-order chi connectivity index (χ1) is 7.36. The molecular weight excluding hydrogens is 210 g/mol. The summed E-state index contributed by atoms with van der Waals surface area (Å²) < 4.78 is 0. The van der Waals surface area contributed by atoms with E-state index in [2.05, 4.69) is 21.2 Å². The summed E-state index contributed by atoms with van der Waals surface area (Å²) in [6, 6.07) is 3.87. The van der Waals surface area contributed by atoms with Crippen LogP contribution in [-0.2, 0) is 0 Å². The molecule has 0 bridgehead atoms. The number of fused-ring (bicyclic) bond motifs is 1. The quantitative estimate of drug-likeness (QED) is 0.801. The lowest BCUT2D eigenvalue weighted by Crippen LogP contribution is -2.18. The molecule has 15 heavy (non-hydrogen) atoms. The molecule has 1 fully saturated rings. The summed E-state index contributed by atoms with van der Waals surface area (Å²) in [5.41, 5.74) is 3.00. The molecule has 0 atom stereocenters. The number of aromatic amines is 1. The number of hydrogen-bond acceptors (Lipinski definition) is 2. The van der Waals surface area contributed by atoms with Crippen molar-refractivity contribution in [3.8, 4) is 0 Å². The first-order valence-electron chi connectivity index (χ1n) is 5.15. The van der Waals surface area contributed by atoms with Gasteiger partial charge in [0.05, 0.1) is 16.2 Å². The zero-order chi connectivity index (χ0) is 10.3. The Labute approximate surface area is 93.1 Å². The van der Waals surface area contributed by atoms with Gasteiger partial charge in [-0.1, -0.05) is 11.6 Å². The van der Waals surface area contributed by atoms with Crippen LogP contribution < -0.4 is 4.90 Å². The van der Waals surface area contributed by atoms with Crippen LogP contribution in [0.2, 0.25) is 5.02 Å². The van der Waals surface area contributed by atoms with E-state index < -0.39 is 0 Å². The minimum atomic E-state index is 0.782. The third kappa shape index (κ3) is 1.38. The number of halogens is 1. The van der Waals surface area contributed by atoms with Crippen LogP contribution in [0.1, 0.15) is 12.8 Å². The normalized spacial score (nSPS) is 16.5. The molecule has 0 unspecified atom stereocenters. The molecule has 2 heterocycles. The van der Waals surface area contributed by atoms with Gasteiger partial charge in [0.25, 0.3) is 0 Å². The second-order valence-electron chi connectivity index (χ2n) is 3.83. The number of H-pyrrole nitrogens is 1. The highest BCUT2D eigenvalue weighted by atomic mass is 35.5. The standard InChI is InChI=1S/C11H11ClN3/c12-8-3-4-9-10(14-7-13-9)11(8)15-5-1-2-6-15/h3-4H,1-2,5-6H2,(H,13,14). The van der Waals surface area contributed by atoms with Crippen LogP contribution in [0, 0.1) is 6.33 Å². The molecule has 3 rings (SSSR count). The summed E-state index contributed by atoms with van der Waals surface area (Å²) in [7, 11) is 0. The van der Waals surface area contributed by atoms with Crippen LogP contribution in [0.5, 0.6) is 0 Å². The van der Waals surface area contributed by atoms with Gasteiger partial charge >= 0.3 is 0 Å². The maximum atomic E-state index is 6.23. The Kier molecular flexibility index (Phi) is 2.06. The van der Waals surface area contributed by atoms with Crippen LogP contribution in [0.15, 0.2) is 12.1 Å². The van der Waals surface area contributed by atoms with Gasteiger partial charge < -0.3 is 9.88 Å². The van der Waals surface area contributed by atoms with Crippen molar-refractivity contribution in [2.75, 3.05) is 18.0 Å². The molecule has 1 N–H and O–H groups in total. The molecule has 2 aromatic rings. The SMILES string of the molecule is Clc1ccc2[nH][c]nc2c1N1CCCC1. The highest BCUT2D eigenvalue weighted by Gasteiger charge is 2.18. The van der Waals surface area contributed by atoms with Crippen molar-refractivity contribution in [1.82, 2.24) is 9.97 Å². The number of anilines is 1. The van der Waals surface area contributed by atoms with E-state index >= 15 is 0 Å². The van der Waals surface area contributed by atoms with Crippen LogP contribution in [0.4, 0.5) is 5.69 Å². The molecule has 1 aromatic heterocycles. The topological polar surface area (TPSA) is 31.9 Å². The van der Waals surface area contributed by atoms with E-state index in [4.69, 9.17) is 11.6 Å². The van der Waals surface area contributed by atoms with E-state index in [0.29, 0.717) is 0 Å². The predicted molar refractivity (Wildman–Crippen MR) is 61.4 cm³/mol. The third-order valence-corrected chi connectivity index (χ3v) is 3.19. The number of hydrogen-bond donors (Lipinski definition) is 1. The third-order valence-electron chi connectivity index (χ3n) is 2.88. The Balaban J connectivity index is 2.21. The van der Waals surface area contributed by atoms with Gasteiger partial charge in [-0.15, -0.1) is 0 Å². The van der Waals surface area contributed by atoms with Crippen LogP contribution in [-0.4, -0.2) is 23.1 Å². The number of nitrogens with zero attached hydrogens (tertiary/aromatic N) is 2. The van der Waals surface area contributed by atoms with Crippen LogP contribution in [0.25, 0.3) is 11.0 Å². The molecular formula is C11H11ClN3. The molecule has 1 saturated heterocycles. The molecule has 0 spiro atoms. The summed E-state index contributed by atoms with van der Waals surface area (Å²) in [6.07, 6.45) is 5.24. The Hall–Kier alpha value is -1.22. The van der Waals surface area contributed by atoms with Gasteiger partial charge in [-0.25, -0.2) is 4.98 Å². The van der Waals surface area contributed by atoms with Gasteiger partial charge in [0.15, 0.2) is 6.33 Å². The summed E-state index contributed by atoms with van der Waals surface area (Å²) in [6.45, 7) is 2.15. The molecule has 3 nitrogen and oxygen atoms in total. The molecule has 1 aromatic carbocycles. The van der Waals surface area contributed by atoms with Gasteiger partial charge in [-0.3, -0.25) is 0 Å². The molecule has 1 aliphatic heterocycles. The molecule has 77 valence electrons. The van der Waals surface area contributed by atoms with Gasteiger partial charge in [0.1, 0.15) is 5.52 Å². The fourth-order valence-electron chi connectivity index (χ4n) is 2.15. The number of nitrogens with one attached hydrogen (secondary N) is 1. The van der Waals surface area contributed by atoms with Crippen molar-refractivity contribution < 1.29 is 0 Å². The Morgan fingerprint density at radius 1 is 1.33 bits per heavy atom. The average molecular weight is 221 g/mol. The zero-order valence-electron chi connectivity index (χ0n) is 8.26. The molecule has 1 aliphatic rings. The molecule has 0 amide bonds. The molecule has 1 radical (unpaired) electrons. The van der Waals surface area contributed by atoms with E-state index in [0.717, 1.165) is 34.8 Å². The van der Waals surface area contributed by atoms with E-state index in [1.54, 1.807) is 0 Å². The monoisotopic (exact) mass is 220 g/mol. The van der Waals surface area contributed by atoms with Crippen molar-refractivity contribution in [1.29, 1.82) is 0 Å². The number of benzene rings is 1. The maximum Gasteiger partial charge on any atom is 0.174 e. The van der Waals surface area contributed by atoms with Crippen molar-refractivity contribution in [2.45, 2.75) is 12.8 Å². The Bertz CT molecular complexity index is 486. The molecule has 0 aliphatic carbocycles. The smallest absolute Gasteiger partial charge is 0.174 e. The average Bonchev–Trinajstić information content (AvgIpc) is 2.85. The van der Waals surface area contributed by atoms with Gasteiger partial charge in [0, 0.05) is 13.1 Å². The van der Waals surface area contributed by atoms with Crippen LogP contribution >= 0.6 is 11.6 Å². The Morgan fingerprint density at radius 2 is 2.13 bits per heavy atom. The second-order valence-corrected chi connectivity index (χ2v) is 4.24. The Morgan fingerprint density at radius 3 is 2.93 bits per heavy atom. The second kappa shape index (κ2) is 3.42. The van der Waals surface area contributed by atoms with Gasteiger partial charge in [-0.2, -0.15) is 0 Å². The van der Waals surface area contributed by atoms with E-state index in [1.165, 1.54) is 12.8 Å². The lowest BCUT2D eigenvalue weighted by Gasteiger charge is -2.19. The summed E-state index contributed by atoms with van der Waals surface area (Å²) in [5, 5.41) is 0.782. The van der Waals surface area contributed by atoms with Crippen molar-refractivity contribution in [3.63, 3.8) is 0 Å². The zero-order valence-corrected chi connectivity index (χ0v) is 9.01. The van der Waals surface area contributed by atoms with Gasteiger partial charge in [-0.05, 0) is 25.0 Å². The van der Waals surface area contributed by atoms with Gasteiger partial charge in [0.2, 0.25) is 0 Å². The number of rotatable bonds is 1. The lowest BCUT2D eigenvalue weighted by molar-refractivity contribution is 0.949. The largest absolute Gasteiger partial charge is 0.369 e. The van der Waals surface area contributed by atoms with Crippen molar-refractivity contribution >= 4 is 28.3 Å². The van der Waals surface area contributed by atoms with E-state index in [1.807, 2.05) is 12.1 Å². The van der Waals surface area contributed by atoms with Crippen molar-refractivity contribution in [3.05, 3.63) is 23.5 Å². The molecule has 0 saturated carbocycles. The first kappa shape index (κ1) is 9.04. The van der Waals surface area contributed by atoms with E-state index in [-0.39, 0.29) is 0 Å². The minimum absolute atomic E-state index is 0.782. The minimum Gasteiger partial charge on any atom is -0.369 e.